The van der Waals surface area contributed by atoms with Crippen LogP contribution in [0.1, 0.15) is 24.5 Å². The normalized spacial score (nSPS) is 11.9. The fourth-order valence-electron chi connectivity index (χ4n) is 1.51. The third-order valence-electron chi connectivity index (χ3n) is 2.45. The van der Waals surface area contributed by atoms with Crippen molar-refractivity contribution in [3.05, 3.63) is 29.3 Å². The van der Waals surface area contributed by atoms with Crippen LogP contribution in [0.15, 0.2) is 18.2 Å². The molecule has 0 bridgehead atoms. The van der Waals surface area contributed by atoms with E-state index in [9.17, 15) is 0 Å². The molecule has 0 aliphatic carbocycles. The van der Waals surface area contributed by atoms with Gasteiger partial charge >= 0.3 is 0 Å². The molecule has 0 radical (unpaired) electrons. The molecule has 3 heteroatoms. The molecule has 0 saturated heterocycles. The van der Waals surface area contributed by atoms with Gasteiger partial charge in [-0.25, -0.2) is 0 Å². The van der Waals surface area contributed by atoms with E-state index in [4.69, 9.17) is 5.26 Å². The van der Waals surface area contributed by atoms with E-state index < -0.39 is 0 Å². The van der Waals surface area contributed by atoms with Crippen LogP contribution in [-0.2, 0) is 0 Å². The van der Waals surface area contributed by atoms with Crippen molar-refractivity contribution in [2.45, 2.75) is 26.3 Å². The topological polar surface area (TPSA) is 35.8 Å². The van der Waals surface area contributed by atoms with Gasteiger partial charge in [-0.3, -0.25) is 0 Å². The van der Waals surface area contributed by atoms with E-state index in [0.717, 1.165) is 23.4 Å². The molecule has 1 aromatic rings. The number of hydrogen-bond acceptors (Lipinski definition) is 3. The summed E-state index contributed by atoms with van der Waals surface area (Å²) in [4.78, 5) is 0. The van der Waals surface area contributed by atoms with Gasteiger partial charge in [0.2, 0.25) is 0 Å². The molecule has 2 nitrogen and oxygen atoms in total. The van der Waals surface area contributed by atoms with E-state index in [0.29, 0.717) is 6.04 Å². The van der Waals surface area contributed by atoms with Crippen LogP contribution >= 0.6 is 11.8 Å². The second kappa shape index (κ2) is 6.44. The van der Waals surface area contributed by atoms with Crippen LogP contribution in [-0.4, -0.2) is 18.1 Å². The average Bonchev–Trinajstić information content (AvgIpc) is 2.27. The summed E-state index contributed by atoms with van der Waals surface area (Å²) < 4.78 is 0. The summed E-state index contributed by atoms with van der Waals surface area (Å²) in [5, 5.41) is 12.4. The highest BCUT2D eigenvalue weighted by atomic mass is 32.2. The Bertz CT molecular complexity index is 382. The molecular weight excluding hydrogens is 216 g/mol. The van der Waals surface area contributed by atoms with Crippen LogP contribution in [0.4, 0.5) is 5.69 Å². The first-order chi connectivity index (χ1) is 7.67. The van der Waals surface area contributed by atoms with Gasteiger partial charge in [-0.2, -0.15) is 17.0 Å². The lowest BCUT2D eigenvalue weighted by Gasteiger charge is -2.16. The third-order valence-corrected chi connectivity index (χ3v) is 3.10. The maximum atomic E-state index is 9.00. The monoisotopic (exact) mass is 234 g/mol. The SMILES string of the molecule is CSCCC(C)Nc1cc(C)ccc1C#N. The molecule has 16 heavy (non-hydrogen) atoms. The van der Waals surface area contributed by atoms with Crippen LogP contribution in [0.2, 0.25) is 0 Å². The molecule has 1 N–H and O–H groups in total. The van der Waals surface area contributed by atoms with E-state index in [1.165, 1.54) is 5.56 Å². The van der Waals surface area contributed by atoms with Gasteiger partial charge in [-0.05, 0) is 50.0 Å². The smallest absolute Gasteiger partial charge is 0.101 e. The molecule has 86 valence electrons. The molecule has 0 heterocycles. The summed E-state index contributed by atoms with van der Waals surface area (Å²) in [5.41, 5.74) is 2.86. The minimum atomic E-state index is 0.404. The number of nitrogens with zero attached hydrogens (tertiary/aromatic N) is 1. The summed E-state index contributed by atoms with van der Waals surface area (Å²) in [5.74, 6) is 1.14. The zero-order valence-corrected chi connectivity index (χ0v) is 10.9. The van der Waals surface area contributed by atoms with Crippen molar-refractivity contribution in [2.24, 2.45) is 0 Å². The van der Waals surface area contributed by atoms with Crippen LogP contribution in [0.3, 0.4) is 0 Å². The number of nitrogens with one attached hydrogen (secondary N) is 1. The van der Waals surface area contributed by atoms with E-state index in [-0.39, 0.29) is 0 Å². The van der Waals surface area contributed by atoms with Crippen molar-refractivity contribution in [2.75, 3.05) is 17.3 Å². The molecule has 1 aromatic carbocycles. The second-order valence-electron chi connectivity index (χ2n) is 3.99. The van der Waals surface area contributed by atoms with Gasteiger partial charge in [0.15, 0.2) is 0 Å². The van der Waals surface area contributed by atoms with Gasteiger partial charge in [-0.15, -0.1) is 0 Å². The number of thioether (sulfide) groups is 1. The minimum Gasteiger partial charge on any atom is -0.381 e. The van der Waals surface area contributed by atoms with Crippen LogP contribution in [0.25, 0.3) is 0 Å². The molecular formula is C13H18N2S. The maximum absolute atomic E-state index is 9.00. The van der Waals surface area contributed by atoms with E-state index >= 15 is 0 Å². The predicted molar refractivity (Wildman–Crippen MR) is 72.0 cm³/mol. The minimum absolute atomic E-state index is 0.404. The lowest BCUT2D eigenvalue weighted by molar-refractivity contribution is 0.771. The van der Waals surface area contributed by atoms with E-state index in [2.05, 4.69) is 24.6 Å². The molecule has 0 aromatic heterocycles. The van der Waals surface area contributed by atoms with Crippen LogP contribution < -0.4 is 5.32 Å². The van der Waals surface area contributed by atoms with Gasteiger partial charge in [0.05, 0.1) is 11.3 Å². The molecule has 0 aliphatic rings. The highest BCUT2D eigenvalue weighted by Crippen LogP contribution is 2.18. The van der Waals surface area contributed by atoms with Crippen molar-refractivity contribution in [3.8, 4) is 6.07 Å². The largest absolute Gasteiger partial charge is 0.381 e. The lowest BCUT2D eigenvalue weighted by atomic mass is 10.1. The summed E-state index contributed by atoms with van der Waals surface area (Å²) in [6, 6.07) is 8.50. The number of rotatable bonds is 5. The zero-order valence-electron chi connectivity index (χ0n) is 10.1. The molecule has 1 atom stereocenters. The summed E-state index contributed by atoms with van der Waals surface area (Å²) in [6.07, 6.45) is 3.22. The molecule has 0 spiro atoms. The standard InChI is InChI=1S/C13H18N2S/c1-10-4-5-12(9-14)13(8-10)15-11(2)6-7-16-3/h4-5,8,11,15H,6-7H2,1-3H3. The first-order valence-corrected chi connectivity index (χ1v) is 6.83. The Hall–Kier alpha value is -1.14. The van der Waals surface area contributed by atoms with Crippen molar-refractivity contribution in [1.82, 2.24) is 0 Å². The highest BCUT2D eigenvalue weighted by molar-refractivity contribution is 7.98. The maximum Gasteiger partial charge on any atom is 0.101 e. The highest BCUT2D eigenvalue weighted by Gasteiger charge is 2.06. The fraction of sp³-hybridized carbons (Fsp3) is 0.462. The molecule has 0 aliphatic heterocycles. The van der Waals surface area contributed by atoms with E-state index in [1.807, 2.05) is 36.9 Å². The third kappa shape index (κ3) is 3.79. The number of hydrogen-bond donors (Lipinski definition) is 1. The number of aryl methyl sites for hydroxylation is 1. The summed E-state index contributed by atoms with van der Waals surface area (Å²) in [6.45, 7) is 4.19. The van der Waals surface area contributed by atoms with Crippen molar-refractivity contribution >= 4 is 17.4 Å². The first-order valence-electron chi connectivity index (χ1n) is 5.43. The van der Waals surface area contributed by atoms with Crippen LogP contribution in [0.5, 0.6) is 0 Å². The second-order valence-corrected chi connectivity index (χ2v) is 4.97. The lowest BCUT2D eigenvalue weighted by Crippen LogP contribution is -2.16. The molecule has 0 amide bonds. The fourth-order valence-corrected chi connectivity index (χ4v) is 2.10. The Labute approximate surface area is 102 Å². The zero-order chi connectivity index (χ0) is 12.0. The van der Waals surface area contributed by atoms with Gasteiger partial charge in [0, 0.05) is 6.04 Å². The first kappa shape index (κ1) is 12.9. The van der Waals surface area contributed by atoms with Gasteiger partial charge in [0.25, 0.3) is 0 Å². The van der Waals surface area contributed by atoms with E-state index in [1.54, 1.807) is 0 Å². The Balaban J connectivity index is 2.72. The molecule has 0 fully saturated rings. The molecule has 1 rings (SSSR count). The van der Waals surface area contributed by atoms with Crippen molar-refractivity contribution < 1.29 is 0 Å². The average molecular weight is 234 g/mol. The molecule has 0 saturated carbocycles. The van der Waals surface area contributed by atoms with Gasteiger partial charge in [0.1, 0.15) is 6.07 Å². The Morgan fingerprint density at radius 1 is 1.50 bits per heavy atom. The number of benzene rings is 1. The van der Waals surface area contributed by atoms with Crippen molar-refractivity contribution in [3.63, 3.8) is 0 Å². The van der Waals surface area contributed by atoms with Crippen LogP contribution in [0, 0.1) is 18.3 Å². The Morgan fingerprint density at radius 3 is 2.88 bits per heavy atom. The Morgan fingerprint density at radius 2 is 2.25 bits per heavy atom. The van der Waals surface area contributed by atoms with Gasteiger partial charge < -0.3 is 5.32 Å². The van der Waals surface area contributed by atoms with Crippen molar-refractivity contribution in [1.29, 1.82) is 5.26 Å². The quantitative estimate of drug-likeness (QED) is 0.848. The predicted octanol–water partition coefficient (Wildman–Crippen LogP) is 3.42. The number of anilines is 1. The van der Waals surface area contributed by atoms with Gasteiger partial charge in [-0.1, -0.05) is 6.07 Å². The molecule has 1 unspecified atom stereocenters. The Kier molecular flexibility index (Phi) is 5.21. The number of nitriles is 1. The summed E-state index contributed by atoms with van der Waals surface area (Å²) in [7, 11) is 0. The summed E-state index contributed by atoms with van der Waals surface area (Å²) >= 11 is 1.85.